The van der Waals surface area contributed by atoms with Crippen LogP contribution in [0.1, 0.15) is 28.6 Å². The number of imide groups is 1. The van der Waals surface area contributed by atoms with Crippen LogP contribution < -0.4 is 10.6 Å². The number of hydrogen-bond donors (Lipinski definition) is 2. The van der Waals surface area contributed by atoms with Crippen molar-refractivity contribution in [3.63, 3.8) is 0 Å². The summed E-state index contributed by atoms with van der Waals surface area (Å²) in [5, 5.41) is 9.12. The zero-order chi connectivity index (χ0) is 20.4. The molecule has 144 valence electrons. The summed E-state index contributed by atoms with van der Waals surface area (Å²) >= 11 is 1.48. The Bertz CT molecular complexity index is 1160. The second-order valence-electron chi connectivity index (χ2n) is 6.48. The van der Waals surface area contributed by atoms with E-state index in [0.29, 0.717) is 5.69 Å². The van der Waals surface area contributed by atoms with Gasteiger partial charge in [-0.05, 0) is 43.3 Å². The van der Waals surface area contributed by atoms with Crippen LogP contribution in [0, 0.1) is 18.8 Å². The first-order chi connectivity index (χ1) is 14.0. The molecule has 3 amide bonds. The molecule has 1 aliphatic heterocycles. The maximum absolute atomic E-state index is 12.0. The number of urea groups is 1. The predicted octanol–water partition coefficient (Wildman–Crippen LogP) is 2.56. The van der Waals surface area contributed by atoms with Gasteiger partial charge in [0, 0.05) is 35.0 Å². The summed E-state index contributed by atoms with van der Waals surface area (Å²) in [7, 11) is 1.75. The van der Waals surface area contributed by atoms with Crippen LogP contribution in [0.4, 0.5) is 4.79 Å². The van der Waals surface area contributed by atoms with E-state index in [1.165, 1.54) is 11.8 Å². The van der Waals surface area contributed by atoms with Crippen molar-refractivity contribution in [2.45, 2.75) is 22.8 Å². The number of nitrogens with zero attached hydrogens (tertiary/aromatic N) is 3. The summed E-state index contributed by atoms with van der Waals surface area (Å²) in [5.74, 6) is 5.90. The number of carbonyl (C=O) groups excluding carboxylic acids is 2. The van der Waals surface area contributed by atoms with Crippen molar-refractivity contribution >= 4 is 23.7 Å². The fourth-order valence-electron chi connectivity index (χ4n) is 2.94. The number of nitrogens with one attached hydrogen (secondary N) is 2. The first kappa shape index (κ1) is 18.8. The predicted molar refractivity (Wildman–Crippen MR) is 108 cm³/mol. The van der Waals surface area contributed by atoms with E-state index in [0.717, 1.165) is 26.6 Å². The van der Waals surface area contributed by atoms with E-state index in [2.05, 4.69) is 32.6 Å². The van der Waals surface area contributed by atoms with E-state index in [9.17, 15) is 9.59 Å². The van der Waals surface area contributed by atoms with E-state index in [4.69, 9.17) is 0 Å². The van der Waals surface area contributed by atoms with Gasteiger partial charge in [-0.15, -0.1) is 0 Å². The molecule has 0 aliphatic carbocycles. The maximum atomic E-state index is 12.0. The lowest BCUT2D eigenvalue weighted by Crippen LogP contribution is -2.23. The Kier molecular flexibility index (Phi) is 5.06. The van der Waals surface area contributed by atoms with Gasteiger partial charge in [0.2, 0.25) is 0 Å². The van der Waals surface area contributed by atoms with Crippen molar-refractivity contribution in [2.24, 2.45) is 7.05 Å². The molecule has 0 spiro atoms. The number of aryl methyl sites for hydroxylation is 2. The van der Waals surface area contributed by atoms with Gasteiger partial charge >= 0.3 is 6.03 Å². The Labute approximate surface area is 171 Å². The lowest BCUT2D eigenvalue weighted by Gasteiger charge is -2.10. The molecule has 1 atom stereocenters. The summed E-state index contributed by atoms with van der Waals surface area (Å²) in [6.07, 6.45) is 3.44. The molecule has 2 aromatic heterocycles. The van der Waals surface area contributed by atoms with Crippen LogP contribution in [-0.4, -0.2) is 26.7 Å². The fraction of sp³-hybridized carbons (Fsp3) is 0.143. The number of benzene rings is 1. The standard InChI is InChI=1S/C21H17N5O2S/c1-13-11-15(9-10-22-13)4-3-14-5-7-16(8-6-14)29-17-12-23-26(2)19(17)18-20(27)25-21(28)24-18/h5-12,18H,1-2H3,(H2,24,25,27,28). The number of aromatic nitrogens is 3. The molecule has 3 heterocycles. The van der Waals surface area contributed by atoms with Crippen LogP contribution in [0.25, 0.3) is 0 Å². The molecule has 0 saturated carbocycles. The smallest absolute Gasteiger partial charge is 0.321 e. The van der Waals surface area contributed by atoms with Crippen LogP contribution in [-0.2, 0) is 11.8 Å². The molecule has 29 heavy (non-hydrogen) atoms. The van der Waals surface area contributed by atoms with Crippen molar-refractivity contribution in [3.05, 3.63) is 71.3 Å². The molecule has 0 radical (unpaired) electrons. The molecule has 1 aliphatic rings. The third kappa shape index (κ3) is 4.15. The van der Waals surface area contributed by atoms with Crippen LogP contribution in [0.15, 0.2) is 58.6 Å². The fourth-order valence-corrected chi connectivity index (χ4v) is 3.93. The van der Waals surface area contributed by atoms with Crippen molar-refractivity contribution in [1.29, 1.82) is 0 Å². The first-order valence-electron chi connectivity index (χ1n) is 8.85. The highest BCUT2D eigenvalue weighted by atomic mass is 32.2. The molecule has 7 nitrogen and oxygen atoms in total. The lowest BCUT2D eigenvalue weighted by molar-refractivity contribution is -0.120. The van der Waals surface area contributed by atoms with Crippen LogP contribution in [0.2, 0.25) is 0 Å². The van der Waals surface area contributed by atoms with Crippen molar-refractivity contribution in [2.75, 3.05) is 0 Å². The van der Waals surface area contributed by atoms with Gasteiger partial charge in [0.15, 0.2) is 6.04 Å². The van der Waals surface area contributed by atoms with Crippen LogP contribution in [0.5, 0.6) is 0 Å². The Morgan fingerprint density at radius 3 is 2.55 bits per heavy atom. The second kappa shape index (κ2) is 7.81. The molecule has 1 unspecified atom stereocenters. The summed E-state index contributed by atoms with van der Waals surface area (Å²) < 4.78 is 1.61. The van der Waals surface area contributed by atoms with Crippen molar-refractivity contribution < 1.29 is 9.59 Å². The van der Waals surface area contributed by atoms with Gasteiger partial charge in [0.1, 0.15) is 0 Å². The third-order valence-corrected chi connectivity index (χ3v) is 5.37. The molecule has 1 saturated heterocycles. The monoisotopic (exact) mass is 403 g/mol. The van der Waals surface area contributed by atoms with Gasteiger partial charge in [-0.25, -0.2) is 4.79 Å². The topological polar surface area (TPSA) is 88.9 Å². The number of rotatable bonds is 3. The average molecular weight is 403 g/mol. The number of hydrogen-bond acceptors (Lipinski definition) is 5. The minimum Gasteiger partial charge on any atom is -0.321 e. The molecule has 1 fully saturated rings. The summed E-state index contributed by atoms with van der Waals surface area (Å²) in [6, 6.07) is 10.4. The van der Waals surface area contributed by atoms with E-state index in [-0.39, 0.29) is 5.91 Å². The van der Waals surface area contributed by atoms with Gasteiger partial charge in [-0.3, -0.25) is 19.8 Å². The van der Waals surface area contributed by atoms with Crippen molar-refractivity contribution in [3.8, 4) is 11.8 Å². The highest BCUT2D eigenvalue weighted by molar-refractivity contribution is 7.99. The highest BCUT2D eigenvalue weighted by Crippen LogP contribution is 2.34. The molecule has 1 aromatic carbocycles. The SMILES string of the molecule is Cc1cc(C#Cc2ccc(Sc3cnn(C)c3C3NC(=O)NC3=O)cc2)ccn1. The Hall–Kier alpha value is -3.57. The van der Waals surface area contributed by atoms with Gasteiger partial charge < -0.3 is 5.32 Å². The first-order valence-corrected chi connectivity index (χ1v) is 9.67. The lowest BCUT2D eigenvalue weighted by atomic mass is 10.2. The zero-order valence-electron chi connectivity index (χ0n) is 15.8. The number of amides is 3. The van der Waals surface area contributed by atoms with E-state index in [1.54, 1.807) is 24.1 Å². The third-order valence-electron chi connectivity index (χ3n) is 4.33. The molecule has 3 aromatic rings. The average Bonchev–Trinajstić information content (AvgIpc) is 3.22. The normalized spacial score (nSPS) is 15.4. The minimum atomic E-state index is -0.744. The van der Waals surface area contributed by atoms with Crippen molar-refractivity contribution in [1.82, 2.24) is 25.4 Å². The Morgan fingerprint density at radius 1 is 1.10 bits per heavy atom. The Balaban J connectivity index is 1.52. The quantitative estimate of drug-likeness (QED) is 0.518. The number of pyridine rings is 1. The molecule has 2 N–H and O–H groups in total. The largest absolute Gasteiger partial charge is 0.322 e. The minimum absolute atomic E-state index is 0.377. The van der Waals surface area contributed by atoms with Gasteiger partial charge in [0.05, 0.1) is 16.8 Å². The summed E-state index contributed by atoms with van der Waals surface area (Å²) in [5.41, 5.74) is 3.41. The summed E-state index contributed by atoms with van der Waals surface area (Å²) in [6.45, 7) is 1.94. The molecular weight excluding hydrogens is 386 g/mol. The van der Waals surface area contributed by atoms with Gasteiger partial charge in [-0.1, -0.05) is 23.6 Å². The summed E-state index contributed by atoms with van der Waals surface area (Å²) in [4.78, 5) is 29.4. The van der Waals surface area contributed by atoms with Gasteiger partial charge in [-0.2, -0.15) is 5.10 Å². The van der Waals surface area contributed by atoms with E-state index >= 15 is 0 Å². The zero-order valence-corrected chi connectivity index (χ0v) is 16.6. The van der Waals surface area contributed by atoms with E-state index in [1.807, 2.05) is 43.3 Å². The van der Waals surface area contributed by atoms with Crippen LogP contribution in [0.3, 0.4) is 0 Å². The molecule has 0 bridgehead atoms. The second-order valence-corrected chi connectivity index (χ2v) is 7.59. The van der Waals surface area contributed by atoms with Gasteiger partial charge in [0.25, 0.3) is 5.91 Å². The van der Waals surface area contributed by atoms with Crippen LogP contribution >= 0.6 is 11.8 Å². The highest BCUT2D eigenvalue weighted by Gasteiger charge is 2.35. The molecular formula is C21H17N5O2S. The number of carbonyl (C=O) groups is 2. The van der Waals surface area contributed by atoms with E-state index < -0.39 is 12.1 Å². The molecule has 4 rings (SSSR count). The maximum Gasteiger partial charge on any atom is 0.322 e. The molecule has 8 heteroatoms. The Morgan fingerprint density at radius 2 is 1.86 bits per heavy atom.